The number of hydrogen-bond acceptors (Lipinski definition) is 4. The molecule has 1 aliphatic heterocycles. The third-order valence-corrected chi connectivity index (χ3v) is 4.35. The molecule has 0 aromatic carbocycles. The van der Waals surface area contributed by atoms with E-state index in [0.717, 1.165) is 45.6 Å². The fraction of sp³-hybridized carbons (Fsp3) is 0.643. The van der Waals surface area contributed by atoms with Gasteiger partial charge in [0, 0.05) is 31.1 Å². The Hall–Kier alpha value is -0.910. The van der Waals surface area contributed by atoms with Gasteiger partial charge in [0.1, 0.15) is 0 Å². The van der Waals surface area contributed by atoms with E-state index in [0.29, 0.717) is 6.54 Å². The lowest BCUT2D eigenvalue weighted by Crippen LogP contribution is -2.41. The van der Waals surface area contributed by atoms with Crippen LogP contribution in [0.5, 0.6) is 0 Å². The number of nitrogens with zero attached hydrogens (tertiary/aromatic N) is 2. The Morgan fingerprint density at radius 2 is 2.37 bits per heavy atom. The Labute approximate surface area is 119 Å². The normalized spacial score (nSPS) is 16.6. The number of nitrogens with one attached hydrogen (secondary N) is 1. The fourth-order valence-electron chi connectivity index (χ4n) is 2.26. The number of thiophene rings is 1. The van der Waals surface area contributed by atoms with E-state index in [2.05, 4.69) is 27.7 Å². The van der Waals surface area contributed by atoms with Gasteiger partial charge in [-0.15, -0.1) is 11.3 Å². The maximum atomic E-state index is 12.2. The van der Waals surface area contributed by atoms with Crippen molar-refractivity contribution in [2.75, 3.05) is 46.3 Å². The minimum absolute atomic E-state index is 0.261. The zero-order chi connectivity index (χ0) is 13.5. The second-order valence-electron chi connectivity index (χ2n) is 5.05. The third-order valence-electron chi connectivity index (χ3n) is 3.42. The minimum Gasteiger partial charge on any atom is -0.340 e. The van der Waals surface area contributed by atoms with Crippen molar-refractivity contribution in [1.29, 1.82) is 0 Å². The highest BCUT2D eigenvalue weighted by Gasteiger charge is 2.16. The van der Waals surface area contributed by atoms with E-state index in [1.807, 2.05) is 11.9 Å². The Balaban J connectivity index is 1.71. The van der Waals surface area contributed by atoms with Crippen LogP contribution in [0.15, 0.2) is 17.5 Å². The summed E-state index contributed by atoms with van der Waals surface area (Å²) < 4.78 is 0. The van der Waals surface area contributed by atoms with Crippen LogP contribution in [-0.4, -0.2) is 62.0 Å². The number of carbonyl (C=O) groups excluding carboxylic acids is 1. The van der Waals surface area contributed by atoms with Crippen LogP contribution in [0.4, 0.5) is 0 Å². The van der Waals surface area contributed by atoms with E-state index in [1.165, 1.54) is 4.88 Å². The molecular formula is C14H23N3OS. The first-order valence-electron chi connectivity index (χ1n) is 6.95. The van der Waals surface area contributed by atoms with Gasteiger partial charge in [-0.3, -0.25) is 9.69 Å². The summed E-state index contributed by atoms with van der Waals surface area (Å²) in [6, 6.07) is 4.23. The van der Waals surface area contributed by atoms with E-state index >= 15 is 0 Å². The van der Waals surface area contributed by atoms with E-state index in [4.69, 9.17) is 0 Å². The van der Waals surface area contributed by atoms with Gasteiger partial charge in [-0.2, -0.15) is 0 Å². The summed E-state index contributed by atoms with van der Waals surface area (Å²) in [7, 11) is 2.03. The van der Waals surface area contributed by atoms with Crippen LogP contribution in [0, 0.1) is 0 Å². The predicted octanol–water partition coefficient (Wildman–Crippen LogP) is 1.04. The van der Waals surface area contributed by atoms with Crippen LogP contribution in [0.1, 0.15) is 11.3 Å². The van der Waals surface area contributed by atoms with Crippen molar-refractivity contribution < 1.29 is 4.79 Å². The fourth-order valence-corrected chi connectivity index (χ4v) is 2.96. The highest BCUT2D eigenvalue weighted by molar-refractivity contribution is 7.09. The Morgan fingerprint density at radius 1 is 1.47 bits per heavy atom. The summed E-state index contributed by atoms with van der Waals surface area (Å²) in [6.45, 7) is 5.16. The number of likely N-dealkylation sites (N-methyl/N-ethyl adjacent to an activating group) is 1. The molecule has 1 fully saturated rings. The molecule has 5 heteroatoms. The van der Waals surface area contributed by atoms with Crippen molar-refractivity contribution >= 4 is 17.2 Å². The molecule has 2 rings (SSSR count). The van der Waals surface area contributed by atoms with Crippen molar-refractivity contribution in [2.45, 2.75) is 12.8 Å². The van der Waals surface area contributed by atoms with E-state index in [9.17, 15) is 4.79 Å². The molecule has 1 aliphatic rings. The molecule has 0 spiro atoms. The first kappa shape index (κ1) is 14.5. The molecule has 0 saturated carbocycles. The Kier molecular flexibility index (Phi) is 5.82. The lowest BCUT2D eigenvalue weighted by molar-refractivity contribution is -0.131. The third kappa shape index (κ3) is 4.93. The van der Waals surface area contributed by atoms with E-state index in [1.54, 1.807) is 11.3 Å². The van der Waals surface area contributed by atoms with Gasteiger partial charge in [-0.05, 0) is 37.9 Å². The Bertz CT molecular complexity index is 372. The molecule has 1 saturated heterocycles. The van der Waals surface area contributed by atoms with Gasteiger partial charge in [0.2, 0.25) is 5.91 Å². The highest BCUT2D eigenvalue weighted by Crippen LogP contribution is 2.09. The maximum absolute atomic E-state index is 12.2. The van der Waals surface area contributed by atoms with Gasteiger partial charge < -0.3 is 10.2 Å². The van der Waals surface area contributed by atoms with Crippen molar-refractivity contribution in [3.05, 3.63) is 22.4 Å². The molecule has 2 heterocycles. The smallest absolute Gasteiger partial charge is 0.236 e. The summed E-state index contributed by atoms with van der Waals surface area (Å²) in [5.74, 6) is 0.261. The predicted molar refractivity (Wildman–Crippen MR) is 79.6 cm³/mol. The first-order valence-corrected chi connectivity index (χ1v) is 7.83. The Morgan fingerprint density at radius 3 is 3.16 bits per heavy atom. The molecule has 1 aromatic heterocycles. The van der Waals surface area contributed by atoms with Gasteiger partial charge in [-0.1, -0.05) is 6.07 Å². The van der Waals surface area contributed by atoms with Crippen LogP contribution < -0.4 is 5.32 Å². The standard InChI is InChI=1S/C14H23N3OS/c1-16(9-5-13-4-2-11-19-13)12-14(18)17-8-3-6-15-7-10-17/h2,4,11,15H,3,5-10,12H2,1H3. The number of carbonyl (C=O) groups is 1. The zero-order valence-corrected chi connectivity index (χ0v) is 12.4. The molecular weight excluding hydrogens is 258 g/mol. The molecule has 0 unspecified atom stereocenters. The lowest BCUT2D eigenvalue weighted by Gasteiger charge is -2.23. The van der Waals surface area contributed by atoms with E-state index in [-0.39, 0.29) is 5.91 Å². The molecule has 0 aliphatic carbocycles. The van der Waals surface area contributed by atoms with Crippen LogP contribution in [0.3, 0.4) is 0 Å². The summed E-state index contributed by atoms with van der Waals surface area (Å²) in [6.07, 6.45) is 2.09. The van der Waals surface area contributed by atoms with E-state index < -0.39 is 0 Å². The van der Waals surface area contributed by atoms with Crippen LogP contribution in [0.25, 0.3) is 0 Å². The van der Waals surface area contributed by atoms with Crippen molar-refractivity contribution in [3.63, 3.8) is 0 Å². The van der Waals surface area contributed by atoms with Crippen LogP contribution in [-0.2, 0) is 11.2 Å². The van der Waals surface area contributed by atoms with Gasteiger partial charge in [0.05, 0.1) is 6.54 Å². The SMILES string of the molecule is CN(CCc1cccs1)CC(=O)N1CCCNCC1. The average molecular weight is 281 g/mol. The molecule has 1 aromatic rings. The molecule has 106 valence electrons. The second kappa shape index (κ2) is 7.62. The van der Waals surface area contributed by atoms with Gasteiger partial charge >= 0.3 is 0 Å². The highest BCUT2D eigenvalue weighted by atomic mass is 32.1. The van der Waals surface area contributed by atoms with Crippen LogP contribution in [0.2, 0.25) is 0 Å². The maximum Gasteiger partial charge on any atom is 0.236 e. The number of amides is 1. The largest absolute Gasteiger partial charge is 0.340 e. The van der Waals surface area contributed by atoms with Gasteiger partial charge in [0.15, 0.2) is 0 Å². The molecule has 19 heavy (non-hydrogen) atoms. The molecule has 0 atom stereocenters. The molecule has 1 N–H and O–H groups in total. The van der Waals surface area contributed by atoms with Gasteiger partial charge in [0.25, 0.3) is 0 Å². The molecule has 0 bridgehead atoms. The van der Waals surface area contributed by atoms with Crippen LogP contribution >= 0.6 is 11.3 Å². The second-order valence-corrected chi connectivity index (χ2v) is 6.08. The molecule has 1 amide bonds. The first-order chi connectivity index (χ1) is 9.25. The monoisotopic (exact) mass is 281 g/mol. The summed E-state index contributed by atoms with van der Waals surface area (Å²) in [4.78, 5) is 17.7. The number of hydrogen-bond donors (Lipinski definition) is 1. The zero-order valence-electron chi connectivity index (χ0n) is 11.6. The van der Waals surface area contributed by atoms with Crippen molar-refractivity contribution in [3.8, 4) is 0 Å². The van der Waals surface area contributed by atoms with Gasteiger partial charge in [-0.25, -0.2) is 0 Å². The molecule has 4 nitrogen and oxygen atoms in total. The average Bonchev–Trinajstić information content (AvgIpc) is 2.76. The minimum atomic E-state index is 0.261. The molecule has 0 radical (unpaired) electrons. The summed E-state index contributed by atoms with van der Waals surface area (Å²) in [5, 5.41) is 5.42. The number of rotatable bonds is 5. The van der Waals surface area contributed by atoms with Crippen molar-refractivity contribution in [1.82, 2.24) is 15.1 Å². The quantitative estimate of drug-likeness (QED) is 0.876. The summed E-state index contributed by atoms with van der Waals surface area (Å²) in [5.41, 5.74) is 0. The lowest BCUT2D eigenvalue weighted by atomic mass is 10.3. The topological polar surface area (TPSA) is 35.6 Å². The summed E-state index contributed by atoms with van der Waals surface area (Å²) >= 11 is 1.78. The van der Waals surface area contributed by atoms with Crippen molar-refractivity contribution in [2.24, 2.45) is 0 Å².